The molecule has 1 aromatic heterocycles. The molecule has 2 aromatic rings. The SMILES string of the molecule is Cc1ccc(CNc2ccc(NC(=O)O)c(N)n2)c(C)c1. The predicted octanol–water partition coefficient (Wildman–Crippen LogP) is 2.98. The van der Waals surface area contributed by atoms with E-state index in [1.807, 2.05) is 0 Å². The van der Waals surface area contributed by atoms with E-state index in [0.717, 1.165) is 0 Å². The van der Waals surface area contributed by atoms with E-state index in [1.165, 1.54) is 16.7 Å². The molecule has 21 heavy (non-hydrogen) atoms. The Balaban J connectivity index is 2.06. The number of benzene rings is 1. The molecule has 0 bridgehead atoms. The average molecular weight is 286 g/mol. The van der Waals surface area contributed by atoms with Gasteiger partial charge in [0.1, 0.15) is 11.6 Å². The van der Waals surface area contributed by atoms with Gasteiger partial charge in [0.2, 0.25) is 0 Å². The highest BCUT2D eigenvalue weighted by Gasteiger charge is 2.06. The second kappa shape index (κ2) is 6.13. The quantitative estimate of drug-likeness (QED) is 0.692. The van der Waals surface area contributed by atoms with Gasteiger partial charge in [0.25, 0.3) is 0 Å². The first-order chi connectivity index (χ1) is 9.95. The van der Waals surface area contributed by atoms with Gasteiger partial charge in [0, 0.05) is 6.54 Å². The molecule has 0 saturated heterocycles. The predicted molar refractivity (Wildman–Crippen MR) is 83.5 cm³/mol. The van der Waals surface area contributed by atoms with Crippen molar-refractivity contribution in [2.24, 2.45) is 0 Å². The fraction of sp³-hybridized carbons (Fsp3) is 0.200. The Morgan fingerprint density at radius 2 is 2.05 bits per heavy atom. The van der Waals surface area contributed by atoms with Crippen molar-refractivity contribution in [3.63, 3.8) is 0 Å². The van der Waals surface area contributed by atoms with E-state index in [1.54, 1.807) is 12.1 Å². The number of aromatic nitrogens is 1. The molecule has 0 aliphatic carbocycles. The van der Waals surface area contributed by atoms with E-state index in [-0.39, 0.29) is 11.5 Å². The van der Waals surface area contributed by atoms with Gasteiger partial charge in [-0.1, -0.05) is 23.8 Å². The molecule has 6 nitrogen and oxygen atoms in total. The van der Waals surface area contributed by atoms with E-state index in [9.17, 15) is 4.79 Å². The smallest absolute Gasteiger partial charge is 0.409 e. The Kier molecular flexibility index (Phi) is 4.27. The lowest BCUT2D eigenvalue weighted by Gasteiger charge is -2.11. The Labute approximate surface area is 123 Å². The number of carbonyl (C=O) groups is 1. The molecule has 0 atom stereocenters. The number of aryl methyl sites for hydroxylation is 2. The summed E-state index contributed by atoms with van der Waals surface area (Å²) in [6, 6.07) is 9.53. The topological polar surface area (TPSA) is 100 Å². The average Bonchev–Trinajstić information content (AvgIpc) is 2.40. The van der Waals surface area contributed by atoms with Gasteiger partial charge in [-0.05, 0) is 37.1 Å². The number of carboxylic acid groups (broad SMARTS) is 1. The highest BCUT2D eigenvalue weighted by Crippen LogP contribution is 2.19. The van der Waals surface area contributed by atoms with Crippen LogP contribution in [0.4, 0.5) is 22.1 Å². The Morgan fingerprint density at radius 1 is 1.29 bits per heavy atom. The van der Waals surface area contributed by atoms with Gasteiger partial charge in [0.15, 0.2) is 0 Å². The van der Waals surface area contributed by atoms with Crippen LogP contribution in [0.25, 0.3) is 0 Å². The highest BCUT2D eigenvalue weighted by molar-refractivity contribution is 5.86. The van der Waals surface area contributed by atoms with E-state index < -0.39 is 6.09 Å². The summed E-state index contributed by atoms with van der Waals surface area (Å²) >= 11 is 0. The van der Waals surface area contributed by atoms with Crippen molar-refractivity contribution in [3.05, 3.63) is 47.0 Å². The lowest BCUT2D eigenvalue weighted by Crippen LogP contribution is -2.11. The number of hydrogen-bond acceptors (Lipinski definition) is 4. The minimum atomic E-state index is -1.17. The van der Waals surface area contributed by atoms with Crippen molar-refractivity contribution in [1.82, 2.24) is 4.98 Å². The van der Waals surface area contributed by atoms with Crippen molar-refractivity contribution >= 4 is 23.4 Å². The molecule has 2 rings (SSSR count). The summed E-state index contributed by atoms with van der Waals surface area (Å²) in [7, 11) is 0. The molecule has 0 aliphatic rings. The molecule has 0 spiro atoms. The first-order valence-corrected chi connectivity index (χ1v) is 6.52. The maximum atomic E-state index is 10.6. The van der Waals surface area contributed by atoms with Gasteiger partial charge in [-0.2, -0.15) is 0 Å². The monoisotopic (exact) mass is 286 g/mol. The van der Waals surface area contributed by atoms with E-state index >= 15 is 0 Å². The number of pyridine rings is 1. The Hall–Kier alpha value is -2.76. The van der Waals surface area contributed by atoms with Crippen LogP contribution in [0.2, 0.25) is 0 Å². The maximum Gasteiger partial charge on any atom is 0.409 e. The standard InChI is InChI=1S/C15H18N4O2/c1-9-3-4-11(10(2)7-9)8-17-13-6-5-12(14(16)19-13)18-15(20)21/h3-7,18H,8H2,1-2H3,(H,20,21)(H3,16,17,19). The van der Waals surface area contributed by atoms with Crippen molar-refractivity contribution in [3.8, 4) is 0 Å². The third-order valence-corrected chi connectivity index (χ3v) is 3.12. The van der Waals surface area contributed by atoms with Gasteiger partial charge in [0.05, 0.1) is 5.69 Å². The molecule has 5 N–H and O–H groups in total. The molecule has 0 unspecified atom stereocenters. The van der Waals surface area contributed by atoms with Crippen molar-refractivity contribution in [1.29, 1.82) is 0 Å². The van der Waals surface area contributed by atoms with Gasteiger partial charge in [-0.3, -0.25) is 5.32 Å². The van der Waals surface area contributed by atoms with Gasteiger partial charge in [-0.15, -0.1) is 0 Å². The second-order valence-corrected chi connectivity index (χ2v) is 4.84. The summed E-state index contributed by atoms with van der Waals surface area (Å²) < 4.78 is 0. The second-order valence-electron chi connectivity index (χ2n) is 4.84. The fourth-order valence-electron chi connectivity index (χ4n) is 2.02. The molecule has 0 saturated carbocycles. The molecular weight excluding hydrogens is 268 g/mol. The molecule has 1 aromatic carbocycles. The normalized spacial score (nSPS) is 10.2. The van der Waals surface area contributed by atoms with Crippen LogP contribution in [0, 0.1) is 13.8 Å². The molecule has 6 heteroatoms. The van der Waals surface area contributed by atoms with Crippen LogP contribution in [-0.4, -0.2) is 16.2 Å². The van der Waals surface area contributed by atoms with Crippen LogP contribution in [0.5, 0.6) is 0 Å². The van der Waals surface area contributed by atoms with Crippen molar-refractivity contribution < 1.29 is 9.90 Å². The van der Waals surface area contributed by atoms with Gasteiger partial charge < -0.3 is 16.2 Å². The summed E-state index contributed by atoms with van der Waals surface area (Å²) in [5.74, 6) is 0.742. The molecule has 0 aliphatic heterocycles. The third-order valence-electron chi connectivity index (χ3n) is 3.12. The molecule has 0 fully saturated rings. The first-order valence-electron chi connectivity index (χ1n) is 6.52. The van der Waals surface area contributed by atoms with Crippen LogP contribution in [-0.2, 0) is 6.54 Å². The summed E-state index contributed by atoms with van der Waals surface area (Å²) in [5, 5.41) is 14.0. The highest BCUT2D eigenvalue weighted by atomic mass is 16.4. The summed E-state index contributed by atoms with van der Waals surface area (Å²) in [4.78, 5) is 14.7. The van der Waals surface area contributed by atoms with E-state index in [0.29, 0.717) is 12.4 Å². The minimum Gasteiger partial charge on any atom is -0.465 e. The molecule has 1 amide bonds. The summed E-state index contributed by atoms with van der Waals surface area (Å²) in [5.41, 5.74) is 9.60. The number of nitrogens with one attached hydrogen (secondary N) is 2. The molecular formula is C15H18N4O2. The van der Waals surface area contributed by atoms with Gasteiger partial charge in [-0.25, -0.2) is 9.78 Å². The summed E-state index contributed by atoms with van der Waals surface area (Å²) in [6.07, 6.45) is -1.17. The van der Waals surface area contributed by atoms with Crippen molar-refractivity contribution in [2.75, 3.05) is 16.4 Å². The fourth-order valence-corrected chi connectivity index (χ4v) is 2.02. The maximum absolute atomic E-state index is 10.6. The number of hydrogen-bond donors (Lipinski definition) is 4. The summed E-state index contributed by atoms with van der Waals surface area (Å²) in [6.45, 7) is 4.75. The van der Waals surface area contributed by atoms with Crippen LogP contribution < -0.4 is 16.4 Å². The molecule has 0 radical (unpaired) electrons. The van der Waals surface area contributed by atoms with Crippen molar-refractivity contribution in [2.45, 2.75) is 20.4 Å². The first kappa shape index (κ1) is 14.6. The zero-order valence-electron chi connectivity index (χ0n) is 12.0. The largest absolute Gasteiger partial charge is 0.465 e. The third kappa shape index (κ3) is 3.85. The van der Waals surface area contributed by atoms with Crippen LogP contribution >= 0.6 is 0 Å². The van der Waals surface area contributed by atoms with Gasteiger partial charge >= 0.3 is 6.09 Å². The van der Waals surface area contributed by atoms with E-state index in [2.05, 4.69) is 47.7 Å². The lowest BCUT2D eigenvalue weighted by molar-refractivity contribution is 0.210. The van der Waals surface area contributed by atoms with Crippen LogP contribution in [0.3, 0.4) is 0 Å². The Bertz CT molecular complexity index is 671. The number of amides is 1. The number of nitrogen functional groups attached to an aromatic ring is 1. The zero-order chi connectivity index (χ0) is 15.4. The number of nitrogens with zero attached hydrogens (tertiary/aromatic N) is 1. The number of anilines is 3. The van der Waals surface area contributed by atoms with Crippen LogP contribution in [0.1, 0.15) is 16.7 Å². The zero-order valence-corrected chi connectivity index (χ0v) is 12.0. The number of rotatable bonds is 4. The van der Waals surface area contributed by atoms with E-state index in [4.69, 9.17) is 10.8 Å². The minimum absolute atomic E-state index is 0.142. The number of nitrogens with two attached hydrogens (primary N) is 1. The lowest BCUT2D eigenvalue weighted by atomic mass is 10.1. The molecule has 110 valence electrons. The van der Waals surface area contributed by atoms with Crippen LogP contribution in [0.15, 0.2) is 30.3 Å². The molecule has 1 heterocycles. The Morgan fingerprint density at radius 3 is 2.67 bits per heavy atom.